The van der Waals surface area contributed by atoms with Crippen LogP contribution >= 0.6 is 0 Å². The molecule has 0 aliphatic carbocycles. The van der Waals surface area contributed by atoms with Gasteiger partial charge in [0.1, 0.15) is 18.0 Å². The predicted molar refractivity (Wildman–Crippen MR) is 192 cm³/mol. The Hall–Kier alpha value is -3.38. The van der Waals surface area contributed by atoms with Gasteiger partial charge in [-0.05, 0) is 53.0 Å². The van der Waals surface area contributed by atoms with Crippen LogP contribution in [0, 0.1) is 17.8 Å². The van der Waals surface area contributed by atoms with Crippen molar-refractivity contribution >= 4 is 36.2 Å². The molecular weight excluding hydrogens is 655 g/mol. The maximum Gasteiger partial charge on any atom is 0.306 e. The van der Waals surface area contributed by atoms with Crippen LogP contribution in [-0.4, -0.2) is 68.9 Å². The Kier molecular flexibility index (Phi) is 13.2. The normalized spacial score (nSPS) is 30.2. The van der Waals surface area contributed by atoms with Crippen LogP contribution < -0.4 is 10.4 Å². The van der Waals surface area contributed by atoms with Gasteiger partial charge >= 0.3 is 5.97 Å². The van der Waals surface area contributed by atoms with Crippen molar-refractivity contribution in [1.29, 1.82) is 0 Å². The molecule has 0 amide bonds. The predicted octanol–water partition coefficient (Wildman–Crippen LogP) is 6.27. The molecule has 2 unspecified atom stereocenters. The first-order valence-electron chi connectivity index (χ1n) is 17.6. The molecule has 2 aromatic rings. The minimum atomic E-state index is -3.28. The van der Waals surface area contributed by atoms with Gasteiger partial charge in [0.2, 0.25) is 0 Å². The van der Waals surface area contributed by atoms with E-state index in [0.29, 0.717) is 6.42 Å². The molecule has 272 valence electrons. The number of rotatable bonds is 13. The molecule has 2 fully saturated rings. The highest BCUT2D eigenvalue weighted by molar-refractivity contribution is 6.99. The Morgan fingerprint density at radius 1 is 0.840 bits per heavy atom. The fourth-order valence-electron chi connectivity index (χ4n) is 7.37. The van der Waals surface area contributed by atoms with E-state index in [-0.39, 0.29) is 42.3 Å². The van der Waals surface area contributed by atoms with Crippen LogP contribution in [0.4, 0.5) is 0 Å². The average molecular weight is 708 g/mol. The van der Waals surface area contributed by atoms with Crippen LogP contribution in [0.2, 0.25) is 5.04 Å². The summed E-state index contributed by atoms with van der Waals surface area (Å²) >= 11 is 0. The largest absolute Gasteiger partial charge is 0.457 e. The van der Waals surface area contributed by atoms with Crippen molar-refractivity contribution in [2.75, 3.05) is 0 Å². The Morgan fingerprint density at radius 2 is 1.42 bits per heavy atom. The number of carbonyl (C=O) groups excluding carboxylic acids is 3. The van der Waals surface area contributed by atoms with Crippen molar-refractivity contribution in [2.45, 2.75) is 130 Å². The Balaban J connectivity index is 1.83. The number of esters is 1. The van der Waals surface area contributed by atoms with E-state index in [9.17, 15) is 19.9 Å². The van der Waals surface area contributed by atoms with E-state index in [2.05, 4.69) is 37.7 Å². The van der Waals surface area contributed by atoms with Crippen molar-refractivity contribution < 1.29 is 37.8 Å². The number of azide groups is 1. The summed E-state index contributed by atoms with van der Waals surface area (Å²) in [5, 5.41) is 5.57. The van der Waals surface area contributed by atoms with E-state index in [1.807, 2.05) is 81.4 Å². The molecule has 2 aliphatic rings. The lowest BCUT2D eigenvalue weighted by Gasteiger charge is -2.51. The second kappa shape index (κ2) is 16.8. The lowest BCUT2D eigenvalue weighted by Crippen LogP contribution is -2.71. The monoisotopic (exact) mass is 707 g/mol. The topological polar surface area (TPSA) is 146 Å². The number of carbonyl (C=O) groups is 3. The molecule has 0 N–H and O–H groups in total. The van der Waals surface area contributed by atoms with Crippen molar-refractivity contribution in [2.24, 2.45) is 22.9 Å². The van der Waals surface area contributed by atoms with Crippen LogP contribution in [0.25, 0.3) is 10.4 Å². The Labute approximate surface area is 297 Å². The molecule has 12 heteroatoms. The van der Waals surface area contributed by atoms with E-state index in [0.717, 1.165) is 10.4 Å². The first-order chi connectivity index (χ1) is 23.7. The van der Waals surface area contributed by atoms with E-state index >= 15 is 0 Å². The third-order valence-corrected chi connectivity index (χ3v) is 15.4. The smallest absolute Gasteiger partial charge is 0.306 e. The Bertz CT molecular complexity index is 1470. The maximum absolute atomic E-state index is 13.5. The molecule has 2 saturated heterocycles. The second-order valence-electron chi connectivity index (χ2n) is 14.8. The van der Waals surface area contributed by atoms with Gasteiger partial charge in [-0.15, -0.1) is 0 Å². The van der Waals surface area contributed by atoms with Gasteiger partial charge in [0.25, 0.3) is 8.32 Å². The van der Waals surface area contributed by atoms with Crippen molar-refractivity contribution in [1.82, 2.24) is 0 Å². The summed E-state index contributed by atoms with van der Waals surface area (Å²) in [5.74, 6) is -1.66. The quantitative estimate of drug-likeness (QED) is 0.0779. The summed E-state index contributed by atoms with van der Waals surface area (Å²) in [5.41, 5.74) is 9.46. The first-order valence-corrected chi connectivity index (χ1v) is 19.6. The van der Waals surface area contributed by atoms with Gasteiger partial charge in [0.05, 0.1) is 18.6 Å². The highest BCUT2D eigenvalue weighted by atomic mass is 28.4. The van der Waals surface area contributed by atoms with Crippen molar-refractivity contribution in [3.05, 3.63) is 71.1 Å². The highest BCUT2D eigenvalue weighted by Crippen LogP contribution is 2.42. The average Bonchev–Trinajstić information content (AvgIpc) is 3.08. The molecule has 4 rings (SSSR count). The number of nitrogens with zero attached hydrogens (tertiary/aromatic N) is 3. The lowest BCUT2D eigenvalue weighted by atomic mass is 9.81. The van der Waals surface area contributed by atoms with E-state index < -0.39 is 62.2 Å². The van der Waals surface area contributed by atoms with Gasteiger partial charge in [-0.3, -0.25) is 9.59 Å². The number of hydrogen-bond donors (Lipinski definition) is 0. The number of Topliss-reactive ketones (excluding diaryl/α,β-unsaturated/α-hetero) is 2. The molecule has 11 nitrogen and oxygen atoms in total. The van der Waals surface area contributed by atoms with E-state index in [1.165, 1.54) is 13.8 Å². The minimum Gasteiger partial charge on any atom is -0.457 e. The number of benzene rings is 2. The van der Waals surface area contributed by atoms with Gasteiger partial charge in [-0.1, -0.05) is 114 Å². The fraction of sp³-hybridized carbons (Fsp3) is 0.605. The fourth-order valence-corrected chi connectivity index (χ4v) is 11.9. The summed E-state index contributed by atoms with van der Waals surface area (Å²) < 4.78 is 33.2. The highest BCUT2D eigenvalue weighted by Gasteiger charge is 2.57. The molecule has 0 spiro atoms. The van der Waals surface area contributed by atoms with Gasteiger partial charge in [-0.25, -0.2) is 0 Å². The summed E-state index contributed by atoms with van der Waals surface area (Å²) in [6.07, 6.45) is -4.79. The summed E-state index contributed by atoms with van der Waals surface area (Å²) in [6.45, 7) is 17.1. The van der Waals surface area contributed by atoms with Gasteiger partial charge in [0.15, 0.2) is 24.5 Å². The molecule has 2 heterocycles. The van der Waals surface area contributed by atoms with Gasteiger partial charge in [-0.2, -0.15) is 0 Å². The lowest BCUT2D eigenvalue weighted by molar-refractivity contribution is -0.310. The summed E-state index contributed by atoms with van der Waals surface area (Å²) in [4.78, 5) is 41.7. The van der Waals surface area contributed by atoms with Crippen LogP contribution in [-0.2, 0) is 37.8 Å². The maximum atomic E-state index is 13.5. The van der Waals surface area contributed by atoms with E-state index in [4.69, 9.17) is 23.4 Å². The molecular formula is C38H53N3O8Si. The third kappa shape index (κ3) is 8.38. The van der Waals surface area contributed by atoms with Gasteiger partial charge in [0, 0.05) is 17.3 Å². The minimum absolute atomic E-state index is 0.0231. The van der Waals surface area contributed by atoms with Crippen molar-refractivity contribution in [3.63, 3.8) is 0 Å². The zero-order chi connectivity index (χ0) is 36.8. The van der Waals surface area contributed by atoms with Crippen LogP contribution in [0.15, 0.2) is 65.8 Å². The van der Waals surface area contributed by atoms with Crippen LogP contribution in [0.3, 0.4) is 0 Å². The molecule has 0 saturated carbocycles. The van der Waals surface area contributed by atoms with Crippen molar-refractivity contribution in [3.8, 4) is 0 Å². The Morgan fingerprint density at radius 3 is 1.90 bits per heavy atom. The zero-order valence-electron chi connectivity index (χ0n) is 30.8. The van der Waals surface area contributed by atoms with Gasteiger partial charge < -0.3 is 28.2 Å². The third-order valence-electron chi connectivity index (χ3n) is 10.4. The van der Waals surface area contributed by atoms with E-state index in [1.54, 1.807) is 0 Å². The summed E-state index contributed by atoms with van der Waals surface area (Å²) in [7, 11) is -3.28. The molecule has 2 aliphatic heterocycles. The zero-order valence-corrected chi connectivity index (χ0v) is 31.8. The molecule has 0 bridgehead atoms. The molecule has 50 heavy (non-hydrogen) atoms. The molecule has 10 atom stereocenters. The molecule has 0 radical (unpaired) electrons. The molecule has 0 aromatic heterocycles. The second-order valence-corrected chi connectivity index (χ2v) is 19.1. The molecule has 2 aromatic carbocycles. The van der Waals surface area contributed by atoms with Crippen LogP contribution in [0.5, 0.6) is 0 Å². The SMILES string of the molecule is CC[C@@H]1O[C@H](O[C@H]2C(C)[C@H](OC(=O)CCC(C)=O)[C@H](O[Si](c3ccccc3)(c3ccccc3)C(C)(C)C)O[C@H]2C(C)=O)[C@@H](N=[N+]=[N-])C(C)[C@@H]1C. The number of hydrogen-bond acceptors (Lipinski definition) is 9. The number of ether oxygens (including phenoxy) is 4. The first kappa shape index (κ1) is 39.4. The number of ketones is 2. The standard InChI is InChI=1S/C38H53N3O8Si/c1-10-30-24(3)25(4)32(40-41-39)36(45-30)47-33-26(5)34(46-31(44)22-21-23(2)42)37(48-35(33)27(6)43)49-50(38(7,8)9,28-17-13-11-14-18-28)29-19-15-12-16-20-29/h11-20,24-26,30,32-37H,10,21-22H2,1-9H3/t24-,25?,26?,30-,32-,33-,34-,35-,36+,37-/m0/s1. The van der Waals surface area contributed by atoms with Crippen LogP contribution in [0.1, 0.15) is 81.6 Å². The summed E-state index contributed by atoms with van der Waals surface area (Å²) in [6, 6.07) is 19.3.